The Bertz CT molecular complexity index is 333. The van der Waals surface area contributed by atoms with Crippen LogP contribution in [0.15, 0.2) is 18.2 Å². The summed E-state index contributed by atoms with van der Waals surface area (Å²) in [6.07, 6.45) is 0. The molecule has 0 aliphatic heterocycles. The summed E-state index contributed by atoms with van der Waals surface area (Å²) in [5.41, 5.74) is 1.69. The van der Waals surface area contributed by atoms with Gasteiger partial charge in [0.05, 0.1) is 5.75 Å². The number of hydrogen-bond donors (Lipinski definition) is 2. The molecule has 0 aliphatic rings. The quantitative estimate of drug-likeness (QED) is 0.460. The zero-order chi connectivity index (χ0) is 8.97. The average molecular weight is 178 g/mol. The number of phenolic OH excluding ortho intramolecular Hbond substituents is 1. The monoisotopic (exact) mass is 178 g/mol. The van der Waals surface area contributed by atoms with Crippen molar-refractivity contribution in [2.75, 3.05) is 5.75 Å². The van der Waals surface area contributed by atoms with Gasteiger partial charge in [0.2, 0.25) is 0 Å². The molecule has 0 spiro atoms. The van der Waals surface area contributed by atoms with Gasteiger partial charge in [-0.15, -0.1) is 0 Å². The van der Waals surface area contributed by atoms with Crippen LogP contribution in [0.4, 0.5) is 0 Å². The first-order chi connectivity index (χ1) is 5.75. The molecule has 0 fully saturated rings. The van der Waals surface area contributed by atoms with Crippen LogP contribution in [0, 0.1) is 18.8 Å². The van der Waals surface area contributed by atoms with Crippen LogP contribution in [0.1, 0.15) is 11.1 Å². The van der Waals surface area contributed by atoms with Gasteiger partial charge in [0.25, 0.3) is 0 Å². The van der Waals surface area contributed by atoms with Crippen molar-refractivity contribution in [1.29, 1.82) is 0 Å². The molecule has 0 heterocycles. The Balaban J connectivity index is 3.08. The lowest BCUT2D eigenvalue weighted by molar-refractivity contribution is 0.471. The summed E-state index contributed by atoms with van der Waals surface area (Å²) in [5.74, 6) is 6.58. The molecule has 1 rings (SSSR count). The Morgan fingerprint density at radius 3 is 2.92 bits per heavy atom. The Kier molecular flexibility index (Phi) is 3.07. The van der Waals surface area contributed by atoms with Crippen LogP contribution in [0.2, 0.25) is 0 Å². The molecular formula is C10H10OS. The maximum absolute atomic E-state index is 9.31. The van der Waals surface area contributed by atoms with E-state index < -0.39 is 0 Å². The standard InChI is InChI=1S/C10H10OS/c1-8-9(5-3-7-12)4-2-6-10(8)11/h2,4,6,11-12H,7H2,1H3. The molecule has 0 saturated carbocycles. The van der Waals surface area contributed by atoms with Crippen molar-refractivity contribution in [1.82, 2.24) is 0 Å². The van der Waals surface area contributed by atoms with Crippen molar-refractivity contribution in [3.05, 3.63) is 29.3 Å². The second-order valence-corrected chi connectivity index (χ2v) is 2.73. The summed E-state index contributed by atoms with van der Waals surface area (Å²) in [4.78, 5) is 0. The topological polar surface area (TPSA) is 20.2 Å². The predicted molar refractivity (Wildman–Crippen MR) is 53.6 cm³/mol. The van der Waals surface area contributed by atoms with Gasteiger partial charge >= 0.3 is 0 Å². The van der Waals surface area contributed by atoms with Crippen molar-refractivity contribution in [2.24, 2.45) is 0 Å². The first-order valence-electron chi connectivity index (χ1n) is 3.64. The predicted octanol–water partition coefficient (Wildman–Crippen LogP) is 1.98. The molecule has 0 aliphatic carbocycles. The van der Waals surface area contributed by atoms with Crippen molar-refractivity contribution < 1.29 is 5.11 Å². The molecule has 0 radical (unpaired) electrons. The minimum absolute atomic E-state index is 0.293. The van der Waals surface area contributed by atoms with Crippen molar-refractivity contribution in [3.63, 3.8) is 0 Å². The molecule has 0 saturated heterocycles. The zero-order valence-electron chi connectivity index (χ0n) is 6.83. The van der Waals surface area contributed by atoms with Gasteiger partial charge in [-0.25, -0.2) is 0 Å². The summed E-state index contributed by atoms with van der Waals surface area (Å²) in [6.45, 7) is 1.85. The fraction of sp³-hybridized carbons (Fsp3) is 0.200. The highest BCUT2D eigenvalue weighted by Crippen LogP contribution is 2.18. The van der Waals surface area contributed by atoms with E-state index in [1.807, 2.05) is 13.0 Å². The summed E-state index contributed by atoms with van der Waals surface area (Å²) in [5, 5.41) is 9.31. The van der Waals surface area contributed by atoms with Crippen LogP contribution in [0.5, 0.6) is 5.75 Å². The van der Waals surface area contributed by atoms with Crippen LogP contribution < -0.4 is 0 Å². The molecule has 0 aromatic heterocycles. The second-order valence-electron chi connectivity index (χ2n) is 2.41. The number of hydrogen-bond acceptors (Lipinski definition) is 2. The van der Waals surface area contributed by atoms with Gasteiger partial charge in [0.1, 0.15) is 5.75 Å². The van der Waals surface area contributed by atoms with Crippen molar-refractivity contribution in [3.8, 4) is 17.6 Å². The summed E-state index contributed by atoms with van der Waals surface area (Å²) >= 11 is 3.97. The summed E-state index contributed by atoms with van der Waals surface area (Å²) in [6, 6.07) is 5.32. The molecule has 12 heavy (non-hydrogen) atoms. The molecule has 0 unspecified atom stereocenters. The highest BCUT2D eigenvalue weighted by Gasteiger charge is 1.97. The molecule has 0 bridgehead atoms. The third-order valence-electron chi connectivity index (χ3n) is 1.61. The average Bonchev–Trinajstić information content (AvgIpc) is 2.08. The smallest absolute Gasteiger partial charge is 0.119 e. The molecule has 1 aromatic rings. The first-order valence-corrected chi connectivity index (χ1v) is 4.27. The number of phenols is 1. The third-order valence-corrected chi connectivity index (χ3v) is 1.77. The molecule has 0 atom stereocenters. The number of benzene rings is 1. The minimum atomic E-state index is 0.293. The fourth-order valence-corrected chi connectivity index (χ4v) is 0.973. The van der Waals surface area contributed by atoms with Crippen LogP contribution in [0.3, 0.4) is 0 Å². The summed E-state index contributed by atoms with van der Waals surface area (Å²) in [7, 11) is 0. The number of thiol groups is 1. The minimum Gasteiger partial charge on any atom is -0.508 e. The van der Waals surface area contributed by atoms with Gasteiger partial charge in [-0.05, 0) is 19.1 Å². The Morgan fingerprint density at radius 1 is 1.50 bits per heavy atom. The van der Waals surface area contributed by atoms with E-state index >= 15 is 0 Å². The maximum Gasteiger partial charge on any atom is 0.119 e. The van der Waals surface area contributed by atoms with E-state index in [2.05, 4.69) is 24.5 Å². The number of rotatable bonds is 0. The molecule has 62 valence electrons. The molecule has 1 N–H and O–H groups in total. The van der Waals surface area contributed by atoms with Crippen LogP contribution in [-0.4, -0.2) is 10.9 Å². The number of aromatic hydroxyl groups is 1. The van der Waals surface area contributed by atoms with Gasteiger partial charge < -0.3 is 5.11 Å². The van der Waals surface area contributed by atoms with E-state index in [0.29, 0.717) is 11.5 Å². The second kappa shape index (κ2) is 4.08. The highest BCUT2D eigenvalue weighted by atomic mass is 32.1. The van der Waals surface area contributed by atoms with Crippen molar-refractivity contribution in [2.45, 2.75) is 6.92 Å². The molecule has 1 nitrogen and oxygen atoms in total. The van der Waals surface area contributed by atoms with Crippen LogP contribution >= 0.6 is 12.6 Å². The van der Waals surface area contributed by atoms with E-state index in [9.17, 15) is 5.11 Å². The van der Waals surface area contributed by atoms with E-state index in [-0.39, 0.29) is 0 Å². The largest absolute Gasteiger partial charge is 0.508 e. The third kappa shape index (κ3) is 1.96. The zero-order valence-corrected chi connectivity index (χ0v) is 7.73. The Hall–Kier alpha value is -1.07. The Morgan fingerprint density at radius 2 is 2.25 bits per heavy atom. The lowest BCUT2D eigenvalue weighted by Crippen LogP contribution is -1.81. The summed E-state index contributed by atoms with van der Waals surface area (Å²) < 4.78 is 0. The van der Waals surface area contributed by atoms with Crippen LogP contribution in [0.25, 0.3) is 0 Å². The van der Waals surface area contributed by atoms with E-state index in [1.165, 1.54) is 0 Å². The van der Waals surface area contributed by atoms with Gasteiger partial charge in [-0.1, -0.05) is 17.9 Å². The fourth-order valence-electron chi connectivity index (χ4n) is 0.894. The lowest BCUT2D eigenvalue weighted by Gasteiger charge is -1.99. The Labute approximate surface area is 77.8 Å². The highest BCUT2D eigenvalue weighted by molar-refractivity contribution is 7.80. The maximum atomic E-state index is 9.31. The van der Waals surface area contributed by atoms with Gasteiger partial charge in [0.15, 0.2) is 0 Å². The van der Waals surface area contributed by atoms with Crippen molar-refractivity contribution >= 4 is 12.6 Å². The normalized spacial score (nSPS) is 8.83. The van der Waals surface area contributed by atoms with E-state index in [4.69, 9.17) is 0 Å². The van der Waals surface area contributed by atoms with Gasteiger partial charge in [-0.3, -0.25) is 0 Å². The SMILES string of the molecule is Cc1c(O)cccc1C#CCS. The van der Waals surface area contributed by atoms with Gasteiger partial charge in [-0.2, -0.15) is 12.6 Å². The van der Waals surface area contributed by atoms with Gasteiger partial charge in [0, 0.05) is 11.1 Å². The molecule has 1 aromatic carbocycles. The molecule has 2 heteroatoms. The molecular weight excluding hydrogens is 168 g/mol. The molecule has 0 amide bonds. The first kappa shape index (κ1) is 9.02. The lowest BCUT2D eigenvalue weighted by atomic mass is 10.1. The van der Waals surface area contributed by atoms with E-state index in [0.717, 1.165) is 11.1 Å². The van der Waals surface area contributed by atoms with Crippen LogP contribution in [-0.2, 0) is 0 Å². The van der Waals surface area contributed by atoms with E-state index in [1.54, 1.807) is 12.1 Å².